The molecule has 3 aromatic carbocycles. The number of amides is 1. The van der Waals surface area contributed by atoms with Crippen molar-refractivity contribution < 1.29 is 14.1 Å². The van der Waals surface area contributed by atoms with Crippen molar-refractivity contribution in [2.75, 3.05) is 6.61 Å². The van der Waals surface area contributed by atoms with Gasteiger partial charge >= 0.3 is 0 Å². The summed E-state index contributed by atoms with van der Waals surface area (Å²) < 4.78 is 11.1. The third kappa shape index (κ3) is 5.99. The van der Waals surface area contributed by atoms with Crippen molar-refractivity contribution in [1.29, 1.82) is 0 Å². The van der Waals surface area contributed by atoms with Crippen molar-refractivity contribution in [3.8, 4) is 5.75 Å². The standard InChI is InChI=1S/C30H32N2O3/c1-20-9-8-10-21(2)29(20)30(25-11-6-5-7-12-25)31-28(33)19-24-13-15-26(16-14-24)34-18-17-27-22(3)32-35-23(27)4/h5-16,30H,17-19H2,1-4H3,(H,31,33). The second-order valence-corrected chi connectivity index (χ2v) is 8.94. The fourth-order valence-electron chi connectivity index (χ4n) is 4.48. The number of aryl methyl sites for hydroxylation is 4. The van der Waals surface area contributed by atoms with Crippen LogP contribution in [0.25, 0.3) is 0 Å². The van der Waals surface area contributed by atoms with Crippen LogP contribution in [0, 0.1) is 27.7 Å². The molecule has 0 aliphatic carbocycles. The van der Waals surface area contributed by atoms with Crippen LogP contribution in [0.15, 0.2) is 77.3 Å². The zero-order valence-corrected chi connectivity index (χ0v) is 20.8. The molecule has 0 aliphatic rings. The lowest BCUT2D eigenvalue weighted by molar-refractivity contribution is -0.120. The Morgan fingerprint density at radius 3 is 2.23 bits per heavy atom. The Balaban J connectivity index is 1.40. The van der Waals surface area contributed by atoms with Crippen LogP contribution in [0.4, 0.5) is 0 Å². The Morgan fingerprint density at radius 1 is 0.914 bits per heavy atom. The molecule has 180 valence electrons. The molecule has 35 heavy (non-hydrogen) atoms. The van der Waals surface area contributed by atoms with Crippen molar-refractivity contribution in [3.05, 3.63) is 118 Å². The van der Waals surface area contributed by atoms with Gasteiger partial charge in [-0.25, -0.2) is 0 Å². The molecular formula is C30H32N2O3. The van der Waals surface area contributed by atoms with E-state index in [0.717, 1.165) is 57.0 Å². The van der Waals surface area contributed by atoms with Crippen LogP contribution in [0.5, 0.6) is 5.75 Å². The van der Waals surface area contributed by atoms with Gasteiger partial charge in [-0.3, -0.25) is 4.79 Å². The molecule has 0 saturated carbocycles. The fourth-order valence-corrected chi connectivity index (χ4v) is 4.48. The Labute approximate surface area is 207 Å². The normalized spacial score (nSPS) is 11.8. The SMILES string of the molecule is Cc1cccc(C)c1C(NC(=O)Cc1ccc(OCCc2c(C)noc2C)cc1)c1ccccc1. The molecule has 1 N–H and O–H groups in total. The number of nitrogens with zero attached hydrogens (tertiary/aromatic N) is 1. The molecule has 5 heteroatoms. The van der Waals surface area contributed by atoms with Gasteiger partial charge in [0.15, 0.2) is 0 Å². The smallest absolute Gasteiger partial charge is 0.225 e. The summed E-state index contributed by atoms with van der Waals surface area (Å²) in [5, 5.41) is 7.25. The van der Waals surface area contributed by atoms with Crippen LogP contribution in [0.2, 0.25) is 0 Å². The first-order chi connectivity index (χ1) is 16.9. The molecule has 1 amide bonds. The minimum Gasteiger partial charge on any atom is -0.493 e. The molecule has 5 nitrogen and oxygen atoms in total. The van der Waals surface area contributed by atoms with E-state index < -0.39 is 0 Å². The van der Waals surface area contributed by atoms with E-state index >= 15 is 0 Å². The average molecular weight is 469 g/mol. The van der Waals surface area contributed by atoms with Gasteiger partial charge in [-0.05, 0) is 67.6 Å². The van der Waals surface area contributed by atoms with Gasteiger partial charge in [0.25, 0.3) is 0 Å². The molecule has 1 aromatic heterocycles. The summed E-state index contributed by atoms with van der Waals surface area (Å²) in [5.41, 5.74) is 7.48. The Kier molecular flexibility index (Phi) is 7.66. The third-order valence-corrected chi connectivity index (χ3v) is 6.36. The summed E-state index contributed by atoms with van der Waals surface area (Å²) in [6.45, 7) is 8.58. The van der Waals surface area contributed by atoms with Gasteiger partial charge in [-0.15, -0.1) is 0 Å². The Hall–Kier alpha value is -3.86. The number of benzene rings is 3. The summed E-state index contributed by atoms with van der Waals surface area (Å²) >= 11 is 0. The molecular weight excluding hydrogens is 436 g/mol. The maximum atomic E-state index is 13.1. The molecule has 0 radical (unpaired) electrons. The lowest BCUT2D eigenvalue weighted by atomic mass is 9.91. The van der Waals surface area contributed by atoms with Gasteiger partial charge < -0.3 is 14.6 Å². The largest absolute Gasteiger partial charge is 0.493 e. The predicted octanol–water partition coefficient (Wildman–Crippen LogP) is 5.98. The number of nitrogens with one attached hydrogen (secondary N) is 1. The van der Waals surface area contributed by atoms with E-state index in [1.165, 1.54) is 0 Å². The zero-order valence-electron chi connectivity index (χ0n) is 20.8. The van der Waals surface area contributed by atoms with Crippen LogP contribution < -0.4 is 10.1 Å². The summed E-state index contributed by atoms with van der Waals surface area (Å²) in [6.07, 6.45) is 1.04. The van der Waals surface area contributed by atoms with Crippen molar-refractivity contribution in [2.24, 2.45) is 0 Å². The highest BCUT2D eigenvalue weighted by Gasteiger charge is 2.20. The molecule has 1 atom stereocenters. The topological polar surface area (TPSA) is 64.4 Å². The predicted molar refractivity (Wildman–Crippen MR) is 138 cm³/mol. The second-order valence-electron chi connectivity index (χ2n) is 8.94. The molecule has 0 fully saturated rings. The van der Waals surface area contributed by atoms with Crippen LogP contribution >= 0.6 is 0 Å². The summed E-state index contributed by atoms with van der Waals surface area (Å²) in [7, 11) is 0. The number of rotatable bonds is 9. The first-order valence-electron chi connectivity index (χ1n) is 12.0. The lowest BCUT2D eigenvalue weighted by Crippen LogP contribution is -2.31. The van der Waals surface area contributed by atoms with Gasteiger partial charge in [-0.2, -0.15) is 0 Å². The maximum Gasteiger partial charge on any atom is 0.225 e. The van der Waals surface area contributed by atoms with E-state index in [0.29, 0.717) is 13.0 Å². The maximum absolute atomic E-state index is 13.1. The van der Waals surface area contributed by atoms with Crippen LogP contribution in [0.1, 0.15) is 50.9 Å². The molecule has 1 unspecified atom stereocenters. The van der Waals surface area contributed by atoms with Crippen molar-refractivity contribution in [1.82, 2.24) is 10.5 Å². The van der Waals surface area contributed by atoms with Gasteiger partial charge in [0, 0.05) is 12.0 Å². The van der Waals surface area contributed by atoms with Crippen molar-refractivity contribution >= 4 is 5.91 Å². The van der Waals surface area contributed by atoms with E-state index in [2.05, 4.69) is 54.7 Å². The quantitative estimate of drug-likeness (QED) is 0.328. The van der Waals surface area contributed by atoms with Crippen LogP contribution in [-0.2, 0) is 17.6 Å². The molecule has 4 rings (SSSR count). The van der Waals surface area contributed by atoms with Gasteiger partial charge in [-0.1, -0.05) is 65.8 Å². The van der Waals surface area contributed by atoms with Crippen molar-refractivity contribution in [3.63, 3.8) is 0 Å². The highest BCUT2D eigenvalue weighted by molar-refractivity contribution is 5.79. The third-order valence-electron chi connectivity index (χ3n) is 6.36. The van der Waals surface area contributed by atoms with Gasteiger partial charge in [0.05, 0.1) is 24.8 Å². The number of carbonyl (C=O) groups is 1. The molecule has 4 aromatic rings. The van der Waals surface area contributed by atoms with Gasteiger partial charge in [0.1, 0.15) is 11.5 Å². The van der Waals surface area contributed by atoms with E-state index in [1.807, 2.05) is 56.3 Å². The monoisotopic (exact) mass is 468 g/mol. The first-order valence-corrected chi connectivity index (χ1v) is 12.0. The average Bonchev–Trinajstić information content (AvgIpc) is 3.17. The fraction of sp³-hybridized carbons (Fsp3) is 0.267. The highest BCUT2D eigenvalue weighted by atomic mass is 16.5. The zero-order chi connectivity index (χ0) is 24.8. The molecule has 0 saturated heterocycles. The van der Waals surface area contributed by atoms with Crippen LogP contribution in [-0.4, -0.2) is 17.7 Å². The highest BCUT2D eigenvalue weighted by Crippen LogP contribution is 2.28. The number of hydrogen-bond acceptors (Lipinski definition) is 4. The molecule has 0 aliphatic heterocycles. The number of hydrogen-bond donors (Lipinski definition) is 1. The summed E-state index contributed by atoms with van der Waals surface area (Å²) in [4.78, 5) is 13.1. The minimum absolute atomic E-state index is 0.0198. The Bertz CT molecular complexity index is 1240. The van der Waals surface area contributed by atoms with Crippen molar-refractivity contribution in [2.45, 2.75) is 46.6 Å². The van der Waals surface area contributed by atoms with Crippen LogP contribution in [0.3, 0.4) is 0 Å². The summed E-state index contributed by atoms with van der Waals surface area (Å²) in [5.74, 6) is 1.59. The number of ether oxygens (including phenoxy) is 1. The number of aromatic nitrogens is 1. The lowest BCUT2D eigenvalue weighted by Gasteiger charge is -2.23. The van der Waals surface area contributed by atoms with E-state index in [1.54, 1.807) is 0 Å². The molecule has 0 bridgehead atoms. The van der Waals surface area contributed by atoms with E-state index in [9.17, 15) is 4.79 Å². The first kappa shape index (κ1) is 24.3. The number of carbonyl (C=O) groups excluding carboxylic acids is 1. The second kappa shape index (κ2) is 11.0. The minimum atomic E-state index is -0.197. The molecule has 0 spiro atoms. The van der Waals surface area contributed by atoms with Gasteiger partial charge in [0.2, 0.25) is 5.91 Å². The van der Waals surface area contributed by atoms with E-state index in [-0.39, 0.29) is 11.9 Å². The molecule has 1 heterocycles. The summed E-state index contributed by atoms with van der Waals surface area (Å²) in [6, 6.07) is 23.9. The Morgan fingerprint density at radius 2 is 1.60 bits per heavy atom. The van der Waals surface area contributed by atoms with E-state index in [4.69, 9.17) is 9.26 Å².